The third-order valence-electron chi connectivity index (χ3n) is 2.90. The fourth-order valence-electron chi connectivity index (χ4n) is 2.01. The predicted molar refractivity (Wildman–Crippen MR) is 75.1 cm³/mol. The Hall–Kier alpha value is -1.06. The van der Waals surface area contributed by atoms with E-state index < -0.39 is 0 Å². The molecule has 102 valence electrons. The summed E-state index contributed by atoms with van der Waals surface area (Å²) < 4.78 is 10.8. The highest BCUT2D eigenvalue weighted by Gasteiger charge is 2.15. The molecule has 1 aromatic carbocycles. The highest BCUT2D eigenvalue weighted by molar-refractivity contribution is 5.36. The zero-order valence-corrected chi connectivity index (χ0v) is 11.9. The van der Waals surface area contributed by atoms with Crippen LogP contribution in [-0.4, -0.2) is 27.4 Å². The lowest BCUT2D eigenvalue weighted by Gasteiger charge is -2.21. The molecule has 0 heterocycles. The van der Waals surface area contributed by atoms with Gasteiger partial charge in [-0.15, -0.1) is 0 Å². The van der Waals surface area contributed by atoms with Gasteiger partial charge in [-0.2, -0.15) is 0 Å². The second-order valence-corrected chi connectivity index (χ2v) is 4.85. The fourth-order valence-corrected chi connectivity index (χ4v) is 2.01. The molecule has 0 fully saturated rings. The number of hydrogen-bond donors (Lipinski definition) is 1. The van der Waals surface area contributed by atoms with E-state index in [-0.39, 0.29) is 0 Å². The van der Waals surface area contributed by atoms with Crippen LogP contribution in [0.5, 0.6) is 5.75 Å². The molecule has 1 unspecified atom stereocenters. The maximum Gasteiger partial charge on any atom is 0.124 e. The molecular formula is C15H25NO2. The summed E-state index contributed by atoms with van der Waals surface area (Å²) in [7, 11) is 3.68. The van der Waals surface area contributed by atoms with Crippen molar-refractivity contribution >= 4 is 0 Å². The van der Waals surface area contributed by atoms with Gasteiger partial charge in [0.05, 0.1) is 6.61 Å². The van der Waals surface area contributed by atoms with E-state index in [1.807, 2.05) is 19.2 Å². The van der Waals surface area contributed by atoms with E-state index in [2.05, 4.69) is 31.3 Å². The lowest BCUT2D eigenvalue weighted by Crippen LogP contribution is -2.19. The van der Waals surface area contributed by atoms with Gasteiger partial charge >= 0.3 is 0 Å². The maximum absolute atomic E-state index is 5.78. The molecule has 1 atom stereocenters. The summed E-state index contributed by atoms with van der Waals surface area (Å²) in [6, 6.07) is 8.56. The van der Waals surface area contributed by atoms with Crippen LogP contribution < -0.4 is 10.1 Å². The van der Waals surface area contributed by atoms with Crippen molar-refractivity contribution in [3.8, 4) is 5.75 Å². The van der Waals surface area contributed by atoms with Gasteiger partial charge in [-0.25, -0.2) is 0 Å². The normalized spacial score (nSPS) is 12.7. The highest BCUT2D eigenvalue weighted by Crippen LogP contribution is 2.29. The van der Waals surface area contributed by atoms with E-state index in [0.29, 0.717) is 25.2 Å². The van der Waals surface area contributed by atoms with E-state index >= 15 is 0 Å². The Kier molecular flexibility index (Phi) is 6.76. The quantitative estimate of drug-likeness (QED) is 0.720. The lowest BCUT2D eigenvalue weighted by molar-refractivity contribution is 0.145. The minimum atomic E-state index is 0.337. The van der Waals surface area contributed by atoms with Gasteiger partial charge in [0, 0.05) is 18.7 Å². The molecule has 0 saturated heterocycles. The molecule has 0 radical (unpaired) electrons. The highest BCUT2D eigenvalue weighted by atomic mass is 16.5. The first-order chi connectivity index (χ1) is 8.69. The van der Waals surface area contributed by atoms with Crippen LogP contribution in [0.15, 0.2) is 24.3 Å². The number of hydrogen-bond acceptors (Lipinski definition) is 3. The summed E-state index contributed by atoms with van der Waals surface area (Å²) in [4.78, 5) is 0. The van der Waals surface area contributed by atoms with Gasteiger partial charge in [0.15, 0.2) is 0 Å². The summed E-state index contributed by atoms with van der Waals surface area (Å²) in [5.74, 6) is 1.60. The minimum Gasteiger partial charge on any atom is -0.491 e. The molecule has 1 rings (SSSR count). The largest absolute Gasteiger partial charge is 0.491 e. The van der Waals surface area contributed by atoms with E-state index in [4.69, 9.17) is 9.47 Å². The first-order valence-corrected chi connectivity index (χ1v) is 6.57. The van der Waals surface area contributed by atoms with Crippen molar-refractivity contribution in [2.45, 2.75) is 26.3 Å². The number of nitrogens with one attached hydrogen (secondary N) is 1. The molecule has 1 aromatic rings. The van der Waals surface area contributed by atoms with Crippen molar-refractivity contribution in [2.24, 2.45) is 5.92 Å². The number of methoxy groups -OCH3 is 1. The molecule has 0 saturated carbocycles. The Morgan fingerprint density at radius 3 is 2.50 bits per heavy atom. The zero-order chi connectivity index (χ0) is 13.4. The van der Waals surface area contributed by atoms with Crippen molar-refractivity contribution in [1.29, 1.82) is 0 Å². The van der Waals surface area contributed by atoms with Crippen LogP contribution in [0.2, 0.25) is 0 Å². The van der Waals surface area contributed by atoms with Crippen molar-refractivity contribution in [3.63, 3.8) is 0 Å². The van der Waals surface area contributed by atoms with Crippen LogP contribution in [0.3, 0.4) is 0 Å². The third-order valence-corrected chi connectivity index (χ3v) is 2.90. The topological polar surface area (TPSA) is 30.5 Å². The van der Waals surface area contributed by atoms with Crippen molar-refractivity contribution in [3.05, 3.63) is 29.8 Å². The molecule has 0 spiro atoms. The molecule has 0 aromatic heterocycles. The molecule has 0 bridgehead atoms. The number of para-hydroxylation sites is 1. The van der Waals surface area contributed by atoms with Gasteiger partial charge in [-0.3, -0.25) is 0 Å². The molecule has 3 nitrogen and oxygen atoms in total. The van der Waals surface area contributed by atoms with Crippen molar-refractivity contribution in [2.75, 3.05) is 27.4 Å². The number of benzene rings is 1. The molecule has 18 heavy (non-hydrogen) atoms. The Balaban J connectivity index is 2.78. The summed E-state index contributed by atoms with van der Waals surface area (Å²) in [5, 5.41) is 3.37. The Morgan fingerprint density at radius 1 is 1.17 bits per heavy atom. The van der Waals surface area contributed by atoms with Crippen molar-refractivity contribution < 1.29 is 9.47 Å². The predicted octanol–water partition coefficient (Wildman–Crippen LogP) is 3.02. The lowest BCUT2D eigenvalue weighted by atomic mass is 9.96. The SMILES string of the molecule is CNC(CC(C)C)c1ccccc1OCCOC. The minimum absolute atomic E-state index is 0.337. The fraction of sp³-hybridized carbons (Fsp3) is 0.600. The maximum atomic E-state index is 5.78. The Labute approximate surface area is 110 Å². The Morgan fingerprint density at radius 2 is 1.89 bits per heavy atom. The monoisotopic (exact) mass is 251 g/mol. The summed E-state index contributed by atoms with van der Waals surface area (Å²) in [5.41, 5.74) is 1.23. The summed E-state index contributed by atoms with van der Waals surface area (Å²) in [6.07, 6.45) is 1.10. The van der Waals surface area contributed by atoms with Crippen molar-refractivity contribution in [1.82, 2.24) is 5.32 Å². The second kappa shape index (κ2) is 8.11. The number of ether oxygens (including phenoxy) is 2. The van der Waals surface area contributed by atoms with Gasteiger partial charge < -0.3 is 14.8 Å². The van der Waals surface area contributed by atoms with Crippen LogP contribution in [0.25, 0.3) is 0 Å². The Bertz CT molecular complexity index is 339. The summed E-state index contributed by atoms with van der Waals surface area (Å²) >= 11 is 0. The van der Waals surface area contributed by atoms with Crippen LogP contribution in [-0.2, 0) is 4.74 Å². The zero-order valence-electron chi connectivity index (χ0n) is 11.9. The van der Waals surface area contributed by atoms with Crippen LogP contribution in [0, 0.1) is 5.92 Å². The van der Waals surface area contributed by atoms with Gasteiger partial charge in [0.1, 0.15) is 12.4 Å². The molecule has 0 aliphatic rings. The first kappa shape index (κ1) is 15.0. The van der Waals surface area contributed by atoms with Crippen LogP contribution >= 0.6 is 0 Å². The second-order valence-electron chi connectivity index (χ2n) is 4.85. The summed E-state index contributed by atoms with van der Waals surface area (Å²) in [6.45, 7) is 5.67. The molecule has 0 aliphatic heterocycles. The standard InChI is InChI=1S/C15H25NO2/c1-12(2)11-14(16-3)13-7-5-6-8-15(13)18-10-9-17-4/h5-8,12,14,16H,9-11H2,1-4H3. The van der Waals surface area contributed by atoms with Gasteiger partial charge in [0.2, 0.25) is 0 Å². The first-order valence-electron chi connectivity index (χ1n) is 6.57. The molecule has 3 heteroatoms. The van der Waals surface area contributed by atoms with Crippen LogP contribution in [0.1, 0.15) is 31.9 Å². The molecule has 0 amide bonds. The average molecular weight is 251 g/mol. The van der Waals surface area contributed by atoms with Gasteiger partial charge in [-0.1, -0.05) is 32.0 Å². The average Bonchev–Trinajstić information content (AvgIpc) is 2.37. The van der Waals surface area contributed by atoms with E-state index in [1.165, 1.54) is 5.56 Å². The third kappa shape index (κ3) is 4.67. The van der Waals surface area contributed by atoms with E-state index in [9.17, 15) is 0 Å². The van der Waals surface area contributed by atoms with Gasteiger partial charge in [0.25, 0.3) is 0 Å². The molecular weight excluding hydrogens is 226 g/mol. The van der Waals surface area contributed by atoms with Crippen LogP contribution in [0.4, 0.5) is 0 Å². The van der Waals surface area contributed by atoms with E-state index in [0.717, 1.165) is 12.2 Å². The smallest absolute Gasteiger partial charge is 0.124 e. The molecule has 1 N–H and O–H groups in total. The molecule has 0 aliphatic carbocycles. The number of rotatable bonds is 8. The van der Waals surface area contributed by atoms with E-state index in [1.54, 1.807) is 7.11 Å². The van der Waals surface area contributed by atoms with Gasteiger partial charge in [-0.05, 0) is 25.5 Å².